The predicted molar refractivity (Wildman–Crippen MR) is 55.8 cm³/mol. The zero-order chi connectivity index (χ0) is 10.8. The molecule has 1 atom stereocenters. The SMILES string of the molecule is C=N[C@H]1CCN(C(=O)OC(C)(C)C)C1. The summed E-state index contributed by atoms with van der Waals surface area (Å²) >= 11 is 0. The van der Waals surface area contributed by atoms with E-state index in [0.717, 1.165) is 13.0 Å². The van der Waals surface area contributed by atoms with Crippen molar-refractivity contribution >= 4 is 12.8 Å². The fourth-order valence-corrected chi connectivity index (χ4v) is 1.38. The molecule has 4 nitrogen and oxygen atoms in total. The van der Waals surface area contributed by atoms with Gasteiger partial charge in [0.15, 0.2) is 0 Å². The van der Waals surface area contributed by atoms with E-state index >= 15 is 0 Å². The van der Waals surface area contributed by atoms with Gasteiger partial charge in [0.25, 0.3) is 0 Å². The first kappa shape index (κ1) is 11.0. The molecule has 1 aliphatic heterocycles. The summed E-state index contributed by atoms with van der Waals surface area (Å²) in [6.07, 6.45) is 0.645. The summed E-state index contributed by atoms with van der Waals surface area (Å²) < 4.78 is 5.24. The largest absolute Gasteiger partial charge is 0.444 e. The van der Waals surface area contributed by atoms with Gasteiger partial charge < -0.3 is 9.64 Å². The maximum atomic E-state index is 11.6. The number of carbonyl (C=O) groups excluding carboxylic acids is 1. The van der Waals surface area contributed by atoms with Crippen molar-refractivity contribution < 1.29 is 9.53 Å². The van der Waals surface area contributed by atoms with Crippen molar-refractivity contribution in [1.29, 1.82) is 0 Å². The van der Waals surface area contributed by atoms with E-state index in [-0.39, 0.29) is 12.1 Å². The molecule has 1 amide bonds. The number of carbonyl (C=O) groups is 1. The number of nitrogens with zero attached hydrogens (tertiary/aromatic N) is 2. The third-order valence-corrected chi connectivity index (χ3v) is 2.07. The summed E-state index contributed by atoms with van der Waals surface area (Å²) in [6.45, 7) is 10.4. The van der Waals surface area contributed by atoms with Crippen LogP contribution in [0.4, 0.5) is 4.79 Å². The van der Waals surface area contributed by atoms with Crippen LogP contribution in [0, 0.1) is 0 Å². The number of amides is 1. The molecule has 80 valence electrons. The second kappa shape index (κ2) is 3.98. The number of hydrogen-bond donors (Lipinski definition) is 0. The fourth-order valence-electron chi connectivity index (χ4n) is 1.38. The molecule has 1 saturated heterocycles. The quantitative estimate of drug-likeness (QED) is 0.602. The van der Waals surface area contributed by atoms with Gasteiger partial charge in [0.1, 0.15) is 5.60 Å². The molecule has 1 heterocycles. The minimum atomic E-state index is -0.420. The van der Waals surface area contributed by atoms with Gasteiger partial charge in [0.05, 0.1) is 6.04 Å². The highest BCUT2D eigenvalue weighted by molar-refractivity contribution is 5.68. The van der Waals surface area contributed by atoms with Gasteiger partial charge in [-0.05, 0) is 33.9 Å². The Morgan fingerprint density at radius 2 is 2.21 bits per heavy atom. The lowest BCUT2D eigenvalue weighted by Crippen LogP contribution is -2.35. The number of likely N-dealkylation sites (tertiary alicyclic amines) is 1. The summed E-state index contributed by atoms with van der Waals surface area (Å²) in [5.74, 6) is 0. The summed E-state index contributed by atoms with van der Waals surface area (Å²) in [5, 5.41) is 0. The van der Waals surface area contributed by atoms with Crippen molar-refractivity contribution in [1.82, 2.24) is 4.90 Å². The zero-order valence-corrected chi connectivity index (χ0v) is 9.12. The van der Waals surface area contributed by atoms with Gasteiger partial charge in [-0.2, -0.15) is 0 Å². The van der Waals surface area contributed by atoms with Crippen LogP contribution in [0.25, 0.3) is 0 Å². The van der Waals surface area contributed by atoms with Gasteiger partial charge in [-0.25, -0.2) is 4.79 Å². The van der Waals surface area contributed by atoms with E-state index in [1.54, 1.807) is 4.90 Å². The lowest BCUT2D eigenvalue weighted by Gasteiger charge is -2.24. The first-order valence-corrected chi connectivity index (χ1v) is 4.86. The molecule has 1 aliphatic rings. The predicted octanol–water partition coefficient (Wildman–Crippen LogP) is 1.70. The summed E-state index contributed by atoms with van der Waals surface area (Å²) in [7, 11) is 0. The van der Waals surface area contributed by atoms with E-state index < -0.39 is 5.60 Å². The lowest BCUT2D eigenvalue weighted by atomic mass is 10.2. The van der Waals surface area contributed by atoms with Crippen molar-refractivity contribution in [3.8, 4) is 0 Å². The zero-order valence-electron chi connectivity index (χ0n) is 9.12. The Labute approximate surface area is 84.9 Å². The molecule has 0 aromatic rings. The first-order valence-electron chi connectivity index (χ1n) is 4.86. The van der Waals surface area contributed by atoms with Crippen LogP contribution in [-0.4, -0.2) is 42.4 Å². The molecule has 1 rings (SSSR count). The van der Waals surface area contributed by atoms with Gasteiger partial charge >= 0.3 is 6.09 Å². The van der Waals surface area contributed by atoms with Crippen molar-refractivity contribution in [2.75, 3.05) is 13.1 Å². The minimum absolute atomic E-state index is 0.183. The van der Waals surface area contributed by atoms with Crippen molar-refractivity contribution in [2.24, 2.45) is 4.99 Å². The summed E-state index contributed by atoms with van der Waals surface area (Å²) in [6, 6.07) is 0.183. The van der Waals surface area contributed by atoms with Crippen LogP contribution >= 0.6 is 0 Å². The van der Waals surface area contributed by atoms with E-state index in [1.807, 2.05) is 20.8 Å². The van der Waals surface area contributed by atoms with Crippen LogP contribution in [0.2, 0.25) is 0 Å². The van der Waals surface area contributed by atoms with Crippen molar-refractivity contribution in [3.63, 3.8) is 0 Å². The van der Waals surface area contributed by atoms with Gasteiger partial charge in [-0.15, -0.1) is 0 Å². The molecule has 0 spiro atoms. The number of ether oxygens (including phenoxy) is 1. The Morgan fingerprint density at radius 1 is 1.57 bits per heavy atom. The molecule has 0 radical (unpaired) electrons. The Bertz CT molecular complexity index is 233. The van der Waals surface area contributed by atoms with E-state index in [4.69, 9.17) is 4.74 Å². The normalized spacial score (nSPS) is 22.2. The molecule has 14 heavy (non-hydrogen) atoms. The van der Waals surface area contributed by atoms with Gasteiger partial charge in [0.2, 0.25) is 0 Å². The molecular weight excluding hydrogens is 180 g/mol. The maximum Gasteiger partial charge on any atom is 0.410 e. The maximum absolute atomic E-state index is 11.6. The van der Waals surface area contributed by atoms with Gasteiger partial charge in [-0.1, -0.05) is 0 Å². The lowest BCUT2D eigenvalue weighted by molar-refractivity contribution is 0.0293. The molecule has 0 saturated carbocycles. The third-order valence-electron chi connectivity index (χ3n) is 2.07. The van der Waals surface area contributed by atoms with Crippen LogP contribution in [-0.2, 0) is 4.74 Å². The number of rotatable bonds is 1. The number of hydrogen-bond acceptors (Lipinski definition) is 3. The van der Waals surface area contributed by atoms with Crippen molar-refractivity contribution in [3.05, 3.63) is 0 Å². The van der Waals surface area contributed by atoms with Crippen LogP contribution < -0.4 is 0 Å². The Morgan fingerprint density at radius 3 is 2.64 bits per heavy atom. The second-order valence-corrected chi connectivity index (χ2v) is 4.55. The monoisotopic (exact) mass is 198 g/mol. The molecule has 0 bridgehead atoms. The Kier molecular flexibility index (Phi) is 3.13. The van der Waals surface area contributed by atoms with Crippen LogP contribution in [0.15, 0.2) is 4.99 Å². The molecule has 0 aromatic heterocycles. The summed E-state index contributed by atoms with van der Waals surface area (Å²) in [5.41, 5.74) is -0.420. The molecular formula is C10H18N2O2. The molecule has 0 aromatic carbocycles. The standard InChI is InChI=1S/C10H18N2O2/c1-10(2,3)14-9(13)12-6-5-8(7-12)11-4/h8H,4-7H2,1-3H3/t8-/m0/s1. The van der Waals surface area contributed by atoms with Gasteiger partial charge in [-0.3, -0.25) is 4.99 Å². The van der Waals surface area contributed by atoms with Crippen LogP contribution in [0.5, 0.6) is 0 Å². The van der Waals surface area contributed by atoms with Gasteiger partial charge in [0, 0.05) is 13.1 Å². The molecule has 1 fully saturated rings. The molecule has 4 heteroatoms. The Balaban J connectivity index is 2.43. The summed E-state index contributed by atoms with van der Waals surface area (Å²) in [4.78, 5) is 17.2. The molecule has 0 aliphatic carbocycles. The van der Waals surface area contributed by atoms with E-state index in [0.29, 0.717) is 6.54 Å². The highest BCUT2D eigenvalue weighted by Gasteiger charge is 2.28. The number of aliphatic imine (C=N–C) groups is 1. The highest BCUT2D eigenvalue weighted by atomic mass is 16.6. The fraction of sp³-hybridized carbons (Fsp3) is 0.800. The second-order valence-electron chi connectivity index (χ2n) is 4.55. The van der Waals surface area contributed by atoms with E-state index in [1.165, 1.54) is 0 Å². The third kappa shape index (κ3) is 3.01. The van der Waals surface area contributed by atoms with Crippen LogP contribution in [0.3, 0.4) is 0 Å². The molecule has 0 unspecified atom stereocenters. The average Bonchev–Trinajstić information content (AvgIpc) is 2.48. The van der Waals surface area contributed by atoms with Crippen LogP contribution in [0.1, 0.15) is 27.2 Å². The minimum Gasteiger partial charge on any atom is -0.444 e. The van der Waals surface area contributed by atoms with E-state index in [9.17, 15) is 4.79 Å². The first-order chi connectivity index (χ1) is 6.42. The van der Waals surface area contributed by atoms with E-state index in [2.05, 4.69) is 11.7 Å². The average molecular weight is 198 g/mol. The Hall–Kier alpha value is -1.06. The topological polar surface area (TPSA) is 41.9 Å². The molecule has 0 N–H and O–H groups in total. The van der Waals surface area contributed by atoms with Crippen molar-refractivity contribution in [2.45, 2.75) is 38.8 Å². The smallest absolute Gasteiger partial charge is 0.410 e. The highest BCUT2D eigenvalue weighted by Crippen LogP contribution is 2.16.